The molecule has 0 unspecified atom stereocenters. The van der Waals surface area contributed by atoms with Crippen molar-refractivity contribution in [2.45, 2.75) is 33.0 Å². The first kappa shape index (κ1) is 13.1. The zero-order chi connectivity index (χ0) is 13.0. The van der Waals surface area contributed by atoms with Crippen LogP contribution in [0.15, 0.2) is 6.07 Å². The first-order valence-electron chi connectivity index (χ1n) is 5.06. The highest BCUT2D eigenvalue weighted by Gasteiger charge is 2.19. The second-order valence-electron chi connectivity index (χ2n) is 3.84. The SMILES string of the molecule is CC(C)NCc1cc([N+](=O)[O-])nn1CC(=O)O. The second-order valence-corrected chi connectivity index (χ2v) is 3.84. The normalized spacial score (nSPS) is 10.8. The van der Waals surface area contributed by atoms with Crippen LogP contribution in [0.4, 0.5) is 5.82 Å². The molecule has 8 heteroatoms. The molecule has 1 aromatic rings. The van der Waals surface area contributed by atoms with E-state index in [-0.39, 0.29) is 18.4 Å². The third-order valence-corrected chi connectivity index (χ3v) is 2.01. The predicted octanol–water partition coefficient (Wildman–Crippen LogP) is 0.374. The fourth-order valence-corrected chi connectivity index (χ4v) is 1.25. The molecule has 0 saturated heterocycles. The Hall–Kier alpha value is -1.96. The first-order valence-corrected chi connectivity index (χ1v) is 5.06. The molecular formula is C9H14N4O4. The Morgan fingerprint density at radius 1 is 1.71 bits per heavy atom. The van der Waals surface area contributed by atoms with Crippen LogP contribution in [0.2, 0.25) is 0 Å². The first-order chi connectivity index (χ1) is 7.90. The lowest BCUT2D eigenvalue weighted by Crippen LogP contribution is -2.24. The number of aliphatic carboxylic acids is 1. The van der Waals surface area contributed by atoms with Crippen molar-refractivity contribution >= 4 is 11.8 Å². The van der Waals surface area contributed by atoms with E-state index in [9.17, 15) is 14.9 Å². The summed E-state index contributed by atoms with van der Waals surface area (Å²) in [6.45, 7) is 3.80. The molecule has 0 spiro atoms. The number of hydrogen-bond acceptors (Lipinski definition) is 5. The van der Waals surface area contributed by atoms with Crippen LogP contribution >= 0.6 is 0 Å². The van der Waals surface area contributed by atoms with Crippen molar-refractivity contribution in [1.82, 2.24) is 15.1 Å². The number of nitrogens with one attached hydrogen (secondary N) is 1. The molecule has 0 amide bonds. The van der Waals surface area contributed by atoms with Gasteiger partial charge in [-0.3, -0.25) is 4.79 Å². The van der Waals surface area contributed by atoms with Gasteiger partial charge in [0.25, 0.3) is 0 Å². The van der Waals surface area contributed by atoms with Gasteiger partial charge in [0.15, 0.2) is 6.54 Å². The van der Waals surface area contributed by atoms with Gasteiger partial charge in [-0.15, -0.1) is 0 Å². The molecule has 0 fully saturated rings. The minimum absolute atomic E-state index is 0.197. The summed E-state index contributed by atoms with van der Waals surface area (Å²) < 4.78 is 1.12. The smallest absolute Gasteiger partial charge is 0.390 e. The van der Waals surface area contributed by atoms with E-state index in [1.807, 2.05) is 13.8 Å². The van der Waals surface area contributed by atoms with Crippen LogP contribution in [0.5, 0.6) is 0 Å². The molecule has 0 aliphatic carbocycles. The van der Waals surface area contributed by atoms with Crippen LogP contribution < -0.4 is 5.32 Å². The van der Waals surface area contributed by atoms with Crippen LogP contribution in [0.1, 0.15) is 19.5 Å². The molecule has 8 nitrogen and oxygen atoms in total. The van der Waals surface area contributed by atoms with Crippen molar-refractivity contribution < 1.29 is 14.8 Å². The third-order valence-electron chi connectivity index (χ3n) is 2.01. The zero-order valence-electron chi connectivity index (χ0n) is 9.58. The lowest BCUT2D eigenvalue weighted by atomic mass is 10.3. The fraction of sp³-hybridized carbons (Fsp3) is 0.556. The highest BCUT2D eigenvalue weighted by Crippen LogP contribution is 2.12. The number of carbonyl (C=O) groups is 1. The highest BCUT2D eigenvalue weighted by molar-refractivity contribution is 5.66. The number of aromatic nitrogens is 2. The molecule has 0 aromatic carbocycles. The van der Waals surface area contributed by atoms with E-state index in [1.54, 1.807) is 0 Å². The Bertz CT molecular complexity index is 427. The van der Waals surface area contributed by atoms with Crippen LogP contribution in [-0.2, 0) is 17.9 Å². The van der Waals surface area contributed by atoms with Gasteiger partial charge in [-0.05, 0) is 4.92 Å². The zero-order valence-corrected chi connectivity index (χ0v) is 9.58. The van der Waals surface area contributed by atoms with Crippen molar-refractivity contribution in [3.8, 4) is 0 Å². The van der Waals surface area contributed by atoms with Crippen molar-refractivity contribution in [2.24, 2.45) is 0 Å². The van der Waals surface area contributed by atoms with Crippen LogP contribution in [0, 0.1) is 10.1 Å². The van der Waals surface area contributed by atoms with Crippen molar-refractivity contribution in [1.29, 1.82) is 0 Å². The molecule has 0 radical (unpaired) electrons. The predicted molar refractivity (Wildman–Crippen MR) is 58.5 cm³/mol. The number of nitrogens with zero attached hydrogens (tertiary/aromatic N) is 3. The lowest BCUT2D eigenvalue weighted by molar-refractivity contribution is -0.389. The van der Waals surface area contributed by atoms with Gasteiger partial charge in [0.1, 0.15) is 0 Å². The molecule has 1 aromatic heterocycles. The summed E-state index contributed by atoms with van der Waals surface area (Å²) in [7, 11) is 0. The Morgan fingerprint density at radius 3 is 2.82 bits per heavy atom. The summed E-state index contributed by atoms with van der Waals surface area (Å²) >= 11 is 0. The number of nitro groups is 1. The van der Waals surface area contributed by atoms with Crippen LogP contribution in [0.3, 0.4) is 0 Å². The summed E-state index contributed by atoms with van der Waals surface area (Å²) in [4.78, 5) is 20.5. The van der Waals surface area contributed by atoms with Crippen LogP contribution in [-0.4, -0.2) is 31.8 Å². The number of carboxylic acid groups (broad SMARTS) is 1. The van der Waals surface area contributed by atoms with Gasteiger partial charge in [0.05, 0.1) is 16.9 Å². The molecule has 0 bridgehead atoms. The molecule has 17 heavy (non-hydrogen) atoms. The van der Waals surface area contributed by atoms with Crippen molar-refractivity contribution in [3.63, 3.8) is 0 Å². The van der Waals surface area contributed by atoms with Gasteiger partial charge >= 0.3 is 11.8 Å². The summed E-state index contributed by atoms with van der Waals surface area (Å²) in [6.07, 6.45) is 0. The van der Waals surface area contributed by atoms with Gasteiger partial charge in [0, 0.05) is 12.6 Å². The van der Waals surface area contributed by atoms with Gasteiger partial charge in [-0.1, -0.05) is 13.8 Å². The molecule has 1 rings (SSSR count). The molecular weight excluding hydrogens is 228 g/mol. The molecule has 0 atom stereocenters. The van der Waals surface area contributed by atoms with Gasteiger partial charge < -0.3 is 20.5 Å². The average Bonchev–Trinajstić information content (AvgIpc) is 2.57. The van der Waals surface area contributed by atoms with Gasteiger partial charge in [-0.2, -0.15) is 4.68 Å². The Morgan fingerprint density at radius 2 is 2.35 bits per heavy atom. The van der Waals surface area contributed by atoms with Gasteiger partial charge in [-0.25, -0.2) is 0 Å². The largest absolute Gasteiger partial charge is 0.480 e. The highest BCUT2D eigenvalue weighted by atomic mass is 16.6. The van der Waals surface area contributed by atoms with Crippen molar-refractivity contribution in [3.05, 3.63) is 21.9 Å². The average molecular weight is 242 g/mol. The van der Waals surface area contributed by atoms with Crippen LogP contribution in [0.25, 0.3) is 0 Å². The summed E-state index contributed by atoms with van der Waals surface area (Å²) in [6, 6.07) is 1.47. The molecule has 1 heterocycles. The second kappa shape index (κ2) is 5.39. The van der Waals surface area contributed by atoms with E-state index in [4.69, 9.17) is 5.11 Å². The minimum atomic E-state index is -1.09. The third kappa shape index (κ3) is 3.83. The number of rotatable bonds is 6. The lowest BCUT2D eigenvalue weighted by Gasteiger charge is -2.06. The van der Waals surface area contributed by atoms with Crippen molar-refractivity contribution in [2.75, 3.05) is 0 Å². The maximum absolute atomic E-state index is 10.6. The monoisotopic (exact) mass is 242 g/mol. The van der Waals surface area contributed by atoms with Gasteiger partial charge in [0.2, 0.25) is 0 Å². The van der Waals surface area contributed by atoms with E-state index >= 15 is 0 Å². The van der Waals surface area contributed by atoms with E-state index in [0.29, 0.717) is 12.2 Å². The molecule has 0 saturated carbocycles. The van der Waals surface area contributed by atoms with E-state index < -0.39 is 10.9 Å². The molecule has 0 aliphatic heterocycles. The molecule has 2 N–H and O–H groups in total. The van der Waals surface area contributed by atoms with E-state index in [1.165, 1.54) is 6.07 Å². The number of carboxylic acids is 1. The topological polar surface area (TPSA) is 110 Å². The van der Waals surface area contributed by atoms with E-state index in [2.05, 4.69) is 10.4 Å². The summed E-state index contributed by atoms with van der Waals surface area (Å²) in [5, 5.41) is 25.9. The maximum Gasteiger partial charge on any atom is 0.390 e. The molecule has 0 aliphatic rings. The minimum Gasteiger partial charge on any atom is -0.480 e. The van der Waals surface area contributed by atoms with E-state index in [0.717, 1.165) is 4.68 Å². The Labute approximate surface area is 97.4 Å². The summed E-state index contributed by atoms with van der Waals surface area (Å²) in [5.41, 5.74) is 0.479. The fourth-order valence-electron chi connectivity index (χ4n) is 1.25. The molecule has 94 valence electrons. The Kier molecular flexibility index (Phi) is 4.16. The quantitative estimate of drug-likeness (QED) is 0.551. The number of hydrogen-bond donors (Lipinski definition) is 2. The standard InChI is InChI=1S/C9H14N4O4/c1-6(2)10-4-7-3-8(13(16)17)11-12(7)5-9(14)15/h3,6,10H,4-5H2,1-2H3,(H,14,15). The maximum atomic E-state index is 10.6. The Balaban J connectivity index is 2.90. The summed E-state index contributed by atoms with van der Waals surface area (Å²) in [5.74, 6) is -1.43.